The van der Waals surface area contributed by atoms with E-state index in [9.17, 15) is 9.59 Å². The van der Waals surface area contributed by atoms with Crippen molar-refractivity contribution in [1.29, 1.82) is 0 Å². The van der Waals surface area contributed by atoms with Gasteiger partial charge in [-0.3, -0.25) is 0 Å². The van der Waals surface area contributed by atoms with Crippen molar-refractivity contribution >= 4 is 33.3 Å². The van der Waals surface area contributed by atoms with Crippen LogP contribution in [0.1, 0.15) is 49.9 Å². The number of hydrogen-bond acceptors (Lipinski definition) is 6. The lowest BCUT2D eigenvalue weighted by molar-refractivity contribution is 0.536. The van der Waals surface area contributed by atoms with Gasteiger partial charge in [0.15, 0.2) is 0 Å². The minimum Gasteiger partial charge on any atom is -0.422 e. The minimum atomic E-state index is -0.270. The second-order valence-electron chi connectivity index (χ2n) is 9.40. The Kier molecular flexibility index (Phi) is 6.61. The van der Waals surface area contributed by atoms with Crippen LogP contribution in [-0.2, 0) is 25.7 Å². The third-order valence-corrected chi connectivity index (χ3v) is 7.71. The molecule has 0 spiro atoms. The van der Waals surface area contributed by atoms with E-state index < -0.39 is 0 Å². The predicted molar refractivity (Wildman–Crippen MR) is 147 cm³/mol. The van der Waals surface area contributed by atoms with Crippen LogP contribution in [0.3, 0.4) is 0 Å². The van der Waals surface area contributed by atoms with Gasteiger partial charge in [0.25, 0.3) is 0 Å². The van der Waals surface area contributed by atoms with Crippen molar-refractivity contribution in [3.8, 4) is 0 Å². The molecule has 0 fully saturated rings. The molecule has 2 heterocycles. The molecule has 0 aliphatic heterocycles. The highest BCUT2D eigenvalue weighted by atomic mass is 16.4. The number of aryl methyl sites for hydroxylation is 2. The first kappa shape index (κ1) is 24.2. The van der Waals surface area contributed by atoms with Crippen LogP contribution in [0.4, 0.5) is 11.4 Å². The third kappa shape index (κ3) is 4.08. The first-order valence-corrected chi connectivity index (χ1v) is 13.2. The highest BCUT2D eigenvalue weighted by Crippen LogP contribution is 2.32. The molecule has 1 aliphatic carbocycles. The Bertz CT molecular complexity index is 1420. The summed E-state index contributed by atoms with van der Waals surface area (Å²) in [6.45, 7) is 12.0. The topological polar surface area (TPSA) is 66.9 Å². The zero-order valence-corrected chi connectivity index (χ0v) is 21.6. The van der Waals surface area contributed by atoms with Crippen molar-refractivity contribution in [3.63, 3.8) is 0 Å². The van der Waals surface area contributed by atoms with Gasteiger partial charge in [-0.1, -0.05) is 0 Å². The molecule has 0 saturated heterocycles. The fourth-order valence-corrected chi connectivity index (χ4v) is 5.73. The Hall–Kier alpha value is -3.54. The summed E-state index contributed by atoms with van der Waals surface area (Å²) in [5, 5.41) is 1.91. The molecular weight excluding hydrogens is 452 g/mol. The van der Waals surface area contributed by atoms with Crippen LogP contribution in [0.5, 0.6) is 0 Å². The summed E-state index contributed by atoms with van der Waals surface area (Å²) in [6, 6.07) is 12.2. The van der Waals surface area contributed by atoms with Crippen LogP contribution in [-0.4, -0.2) is 26.2 Å². The van der Waals surface area contributed by atoms with Crippen molar-refractivity contribution in [2.24, 2.45) is 0 Å². The van der Waals surface area contributed by atoms with Crippen LogP contribution in [0.15, 0.2) is 54.8 Å². The van der Waals surface area contributed by atoms with E-state index in [2.05, 4.69) is 61.8 Å². The molecule has 0 amide bonds. The lowest BCUT2D eigenvalue weighted by Gasteiger charge is -2.23. The summed E-state index contributed by atoms with van der Waals surface area (Å²) >= 11 is 0. The van der Waals surface area contributed by atoms with E-state index in [0.29, 0.717) is 36.8 Å². The van der Waals surface area contributed by atoms with Crippen molar-refractivity contribution in [2.75, 3.05) is 36.0 Å². The lowest BCUT2D eigenvalue weighted by Crippen LogP contribution is -2.23. The number of rotatable bonds is 6. The normalized spacial score (nSPS) is 13.2. The van der Waals surface area contributed by atoms with Gasteiger partial charge in [-0.15, -0.1) is 0 Å². The van der Waals surface area contributed by atoms with E-state index in [1.807, 2.05) is 12.1 Å². The first-order valence-electron chi connectivity index (χ1n) is 13.2. The van der Waals surface area contributed by atoms with Crippen LogP contribution in [0, 0.1) is 0 Å². The average molecular weight is 487 g/mol. The quantitative estimate of drug-likeness (QED) is 0.337. The molecule has 5 rings (SSSR count). The van der Waals surface area contributed by atoms with Gasteiger partial charge in [0.05, 0.1) is 0 Å². The van der Waals surface area contributed by atoms with Crippen LogP contribution in [0.25, 0.3) is 21.9 Å². The second kappa shape index (κ2) is 9.84. The fourth-order valence-electron chi connectivity index (χ4n) is 5.73. The molecule has 2 aromatic heterocycles. The van der Waals surface area contributed by atoms with Gasteiger partial charge in [-0.25, -0.2) is 9.59 Å². The number of fused-ring (bicyclic) bond motifs is 6. The standard InChI is InChI=1S/C30H34N2O4/c1-5-31(6-2)19-9-11-23-21-13-15-26-22(14-16-25(21)29(33)35-27(23)17-19)24-12-10-20(32(7-3)8-4)18-28(24)36-30(26)34/h9-12,17-18H,5-8,13-16H2,1-4H3. The molecule has 0 atom stereocenters. The number of benzene rings is 2. The van der Waals surface area contributed by atoms with Gasteiger partial charge in [-0.2, -0.15) is 0 Å². The van der Waals surface area contributed by atoms with Crippen molar-refractivity contribution in [2.45, 2.75) is 53.4 Å². The van der Waals surface area contributed by atoms with E-state index in [4.69, 9.17) is 8.83 Å². The largest absolute Gasteiger partial charge is 0.422 e. The zero-order chi connectivity index (χ0) is 25.4. The lowest BCUT2D eigenvalue weighted by atomic mass is 9.87. The predicted octanol–water partition coefficient (Wildman–Crippen LogP) is 5.48. The first-order chi connectivity index (χ1) is 17.5. The third-order valence-electron chi connectivity index (χ3n) is 7.71. The molecule has 0 radical (unpaired) electrons. The molecule has 0 unspecified atom stereocenters. The summed E-state index contributed by atoms with van der Waals surface area (Å²) < 4.78 is 11.7. The maximum absolute atomic E-state index is 13.1. The molecule has 0 saturated carbocycles. The Morgan fingerprint density at radius 1 is 0.583 bits per heavy atom. The Balaban J connectivity index is 1.59. The molecule has 0 bridgehead atoms. The number of nitrogens with zero attached hydrogens (tertiary/aromatic N) is 2. The highest BCUT2D eigenvalue weighted by Gasteiger charge is 2.23. The number of hydrogen-bond donors (Lipinski definition) is 0. The summed E-state index contributed by atoms with van der Waals surface area (Å²) in [5.41, 5.74) is 6.21. The van der Waals surface area contributed by atoms with Crippen molar-refractivity contribution in [3.05, 3.63) is 79.5 Å². The van der Waals surface area contributed by atoms with Crippen molar-refractivity contribution < 1.29 is 8.83 Å². The van der Waals surface area contributed by atoms with E-state index in [-0.39, 0.29) is 11.3 Å². The van der Waals surface area contributed by atoms with Gasteiger partial charge in [0.1, 0.15) is 11.2 Å². The minimum absolute atomic E-state index is 0.270. The van der Waals surface area contributed by atoms with E-state index in [1.54, 1.807) is 0 Å². The van der Waals surface area contributed by atoms with Crippen LogP contribution >= 0.6 is 0 Å². The van der Waals surface area contributed by atoms with E-state index in [0.717, 1.165) is 70.6 Å². The summed E-state index contributed by atoms with van der Waals surface area (Å²) in [7, 11) is 0. The molecule has 2 aromatic carbocycles. The molecule has 6 nitrogen and oxygen atoms in total. The van der Waals surface area contributed by atoms with Crippen molar-refractivity contribution in [1.82, 2.24) is 0 Å². The monoisotopic (exact) mass is 486 g/mol. The Morgan fingerprint density at radius 3 is 1.31 bits per heavy atom. The second-order valence-corrected chi connectivity index (χ2v) is 9.40. The smallest absolute Gasteiger partial charge is 0.339 e. The summed E-state index contributed by atoms with van der Waals surface area (Å²) in [6.07, 6.45) is 2.27. The van der Waals surface area contributed by atoms with E-state index >= 15 is 0 Å². The maximum atomic E-state index is 13.1. The molecular formula is C30H34N2O4. The zero-order valence-electron chi connectivity index (χ0n) is 21.6. The Morgan fingerprint density at radius 2 is 0.944 bits per heavy atom. The molecule has 1 aliphatic rings. The fraction of sp³-hybridized carbons (Fsp3) is 0.400. The van der Waals surface area contributed by atoms with E-state index in [1.165, 1.54) is 0 Å². The molecule has 4 aromatic rings. The van der Waals surface area contributed by atoms with Gasteiger partial charge in [-0.05, 0) is 88.8 Å². The SMILES string of the molecule is CCN(CC)c1ccc2c3c(c(=O)oc2c1)CCc1c(c(=O)oc2cc(N(CC)CC)ccc12)CC3. The summed E-state index contributed by atoms with van der Waals surface area (Å²) in [5.74, 6) is 0. The van der Waals surface area contributed by atoms with Gasteiger partial charge >= 0.3 is 11.3 Å². The molecule has 0 N–H and O–H groups in total. The molecule has 188 valence electrons. The van der Waals surface area contributed by atoms with Gasteiger partial charge < -0.3 is 18.6 Å². The van der Waals surface area contributed by atoms with Crippen LogP contribution < -0.4 is 21.1 Å². The van der Waals surface area contributed by atoms with Gasteiger partial charge in [0.2, 0.25) is 0 Å². The Labute approximate surface area is 211 Å². The number of anilines is 2. The summed E-state index contributed by atoms with van der Waals surface area (Å²) in [4.78, 5) is 30.7. The van der Waals surface area contributed by atoms with Crippen LogP contribution in [0.2, 0.25) is 0 Å². The van der Waals surface area contributed by atoms with Gasteiger partial charge in [0, 0.05) is 71.6 Å². The average Bonchev–Trinajstić information content (AvgIpc) is 2.86. The molecule has 6 heteroatoms. The molecule has 36 heavy (non-hydrogen) atoms. The maximum Gasteiger partial charge on any atom is 0.339 e. The highest BCUT2D eigenvalue weighted by molar-refractivity contribution is 5.86.